The van der Waals surface area contributed by atoms with Crippen molar-refractivity contribution < 1.29 is 80.2 Å². The summed E-state index contributed by atoms with van der Waals surface area (Å²) in [5.74, 6) is 0.0806. The molecule has 0 aliphatic rings. The van der Waals surface area contributed by atoms with E-state index in [0.717, 1.165) is 108 Å². The quantitative estimate of drug-likeness (QED) is 0.0222. The number of carbonyl (C=O) groups is 4. The van der Waals surface area contributed by atoms with E-state index in [1.54, 1.807) is 0 Å². The number of aliphatic hydroxyl groups is 1. The molecule has 0 heterocycles. The van der Waals surface area contributed by atoms with Gasteiger partial charge in [0, 0.05) is 25.7 Å². The molecule has 0 saturated heterocycles. The number of hydrogen-bond acceptors (Lipinski definition) is 15. The second kappa shape index (κ2) is 62.8. The number of carbonyl (C=O) groups excluding carboxylic acids is 4. The lowest BCUT2D eigenvalue weighted by Crippen LogP contribution is -2.30. The van der Waals surface area contributed by atoms with E-state index in [2.05, 4.69) is 48.5 Å². The molecule has 19 heteroatoms. The molecule has 540 valence electrons. The highest BCUT2D eigenvalue weighted by Gasteiger charge is 2.30. The number of unbranched alkanes of at least 4 members (excludes halogenated alkanes) is 37. The van der Waals surface area contributed by atoms with Gasteiger partial charge >= 0.3 is 39.5 Å². The van der Waals surface area contributed by atoms with Gasteiger partial charge in [0.2, 0.25) is 0 Å². The van der Waals surface area contributed by atoms with Crippen LogP contribution in [0.5, 0.6) is 0 Å². The van der Waals surface area contributed by atoms with Crippen LogP contribution in [0.2, 0.25) is 0 Å². The van der Waals surface area contributed by atoms with Crippen molar-refractivity contribution in [2.45, 2.75) is 381 Å². The molecule has 0 radical (unpaired) electrons. The molecule has 0 bridgehead atoms. The predicted molar refractivity (Wildman–Crippen MR) is 368 cm³/mol. The first kappa shape index (κ1) is 89.1. The molecule has 0 rings (SSSR count). The Morgan fingerprint density at radius 2 is 0.560 bits per heavy atom. The Morgan fingerprint density at radius 1 is 0.319 bits per heavy atom. The highest BCUT2D eigenvalue weighted by molar-refractivity contribution is 7.47. The van der Waals surface area contributed by atoms with Crippen molar-refractivity contribution in [3.05, 3.63) is 0 Å². The Bertz CT molecular complexity index is 1790. The fourth-order valence-electron chi connectivity index (χ4n) is 10.9. The van der Waals surface area contributed by atoms with Crippen LogP contribution in [0.25, 0.3) is 0 Å². The molecule has 0 aromatic rings. The zero-order chi connectivity index (χ0) is 67.3. The summed E-state index contributed by atoms with van der Waals surface area (Å²) >= 11 is 0. The first-order chi connectivity index (χ1) is 43.8. The summed E-state index contributed by atoms with van der Waals surface area (Å²) in [5.41, 5.74) is 0. The fraction of sp³-hybridized carbons (Fsp3) is 0.944. The van der Waals surface area contributed by atoms with Gasteiger partial charge in [0.05, 0.1) is 26.4 Å². The van der Waals surface area contributed by atoms with Crippen LogP contribution in [-0.2, 0) is 65.4 Å². The summed E-state index contributed by atoms with van der Waals surface area (Å²) < 4.78 is 68.3. The summed E-state index contributed by atoms with van der Waals surface area (Å²) in [6, 6.07) is 0. The number of ether oxygens (including phenoxy) is 4. The molecule has 91 heavy (non-hydrogen) atoms. The van der Waals surface area contributed by atoms with E-state index in [1.807, 2.05) is 0 Å². The Morgan fingerprint density at radius 3 is 0.835 bits per heavy atom. The van der Waals surface area contributed by atoms with Gasteiger partial charge in [-0.15, -0.1) is 0 Å². The van der Waals surface area contributed by atoms with Crippen molar-refractivity contribution in [3.63, 3.8) is 0 Å². The molecule has 0 amide bonds. The smallest absolute Gasteiger partial charge is 0.462 e. The Balaban J connectivity index is 5.24. The van der Waals surface area contributed by atoms with E-state index in [4.69, 9.17) is 37.0 Å². The van der Waals surface area contributed by atoms with E-state index >= 15 is 0 Å². The maximum Gasteiger partial charge on any atom is 0.472 e. The van der Waals surface area contributed by atoms with Gasteiger partial charge in [-0.25, -0.2) is 9.13 Å². The van der Waals surface area contributed by atoms with Crippen molar-refractivity contribution in [1.29, 1.82) is 0 Å². The second-order valence-corrected chi connectivity index (χ2v) is 30.1. The summed E-state index contributed by atoms with van der Waals surface area (Å²) in [6.07, 6.45) is 47.3. The highest BCUT2D eigenvalue weighted by atomic mass is 31.2. The van der Waals surface area contributed by atoms with Crippen LogP contribution in [0.15, 0.2) is 0 Å². The molecule has 0 aromatic heterocycles. The fourth-order valence-corrected chi connectivity index (χ4v) is 12.4. The van der Waals surface area contributed by atoms with E-state index in [9.17, 15) is 43.2 Å². The summed E-state index contributed by atoms with van der Waals surface area (Å²) in [7, 11) is -9.90. The monoisotopic (exact) mass is 1340 g/mol. The van der Waals surface area contributed by atoms with Crippen LogP contribution in [0.3, 0.4) is 0 Å². The van der Waals surface area contributed by atoms with Crippen molar-refractivity contribution in [2.24, 2.45) is 17.8 Å². The Labute approximate surface area is 556 Å². The average Bonchev–Trinajstić information content (AvgIpc) is 3.70. The largest absolute Gasteiger partial charge is 0.472 e. The normalized spacial score (nSPS) is 14.5. The maximum atomic E-state index is 13.0. The van der Waals surface area contributed by atoms with E-state index in [0.29, 0.717) is 31.6 Å². The zero-order valence-electron chi connectivity index (χ0n) is 59.3. The van der Waals surface area contributed by atoms with Crippen molar-refractivity contribution in [2.75, 3.05) is 39.6 Å². The van der Waals surface area contributed by atoms with Crippen molar-refractivity contribution in [3.8, 4) is 0 Å². The number of hydrogen-bond donors (Lipinski definition) is 3. The van der Waals surface area contributed by atoms with Gasteiger partial charge < -0.3 is 33.8 Å². The first-order valence-corrected chi connectivity index (χ1v) is 40.4. The van der Waals surface area contributed by atoms with Crippen LogP contribution >= 0.6 is 15.6 Å². The molecule has 3 unspecified atom stereocenters. The molecule has 0 aliphatic heterocycles. The third kappa shape index (κ3) is 65.1. The average molecular weight is 1340 g/mol. The van der Waals surface area contributed by atoms with Crippen LogP contribution in [0.1, 0.15) is 363 Å². The van der Waals surface area contributed by atoms with Crippen LogP contribution in [0, 0.1) is 17.8 Å². The van der Waals surface area contributed by atoms with Crippen molar-refractivity contribution in [1.82, 2.24) is 0 Å². The van der Waals surface area contributed by atoms with Crippen molar-refractivity contribution >= 4 is 39.5 Å². The molecular formula is C72H140O17P2. The molecule has 0 spiro atoms. The molecule has 3 N–H and O–H groups in total. The number of phosphoric ester groups is 2. The summed E-state index contributed by atoms with van der Waals surface area (Å²) in [4.78, 5) is 72.6. The second-order valence-electron chi connectivity index (χ2n) is 27.2. The number of esters is 4. The van der Waals surface area contributed by atoms with Gasteiger partial charge in [-0.3, -0.25) is 37.3 Å². The zero-order valence-corrected chi connectivity index (χ0v) is 61.1. The SMILES string of the molecule is CCCCCCCCCCCCCCCCCCCC(=O)O[C@H](COC(=O)CCCCCCCCCCCCC(C)CC)COP(=O)(O)OC[C@@H](O)COP(=O)(O)OC[C@@H](COC(=O)CCCCCCCCC(C)C)OC(=O)CCCCCCCCCCC(C)C. The number of phosphoric acid groups is 2. The Hall–Kier alpha value is -1.94. The minimum atomic E-state index is -4.95. The summed E-state index contributed by atoms with van der Waals surface area (Å²) in [6.45, 7) is 11.8. The third-order valence-corrected chi connectivity index (χ3v) is 18.9. The van der Waals surface area contributed by atoms with Gasteiger partial charge in [0.15, 0.2) is 12.2 Å². The molecule has 0 aromatic carbocycles. The van der Waals surface area contributed by atoms with Crippen LogP contribution in [0.4, 0.5) is 0 Å². The lowest BCUT2D eigenvalue weighted by Gasteiger charge is -2.21. The standard InChI is InChI=1S/C72H140O17P2/c1-8-10-11-12-13-14-15-16-17-18-19-20-21-26-32-41-48-55-71(76)88-67(59-82-69(74)53-46-39-31-25-23-22-24-30-38-45-52-65(7)9-2)61-86-90(78,79)84-57-66(73)58-85-91(80,81)87-62-68(60-83-70(75)54-47-40-35-34-37-44-51-64(5)6)89-72(77)56-49-42-33-28-27-29-36-43-50-63(3)4/h63-68,73H,8-62H2,1-7H3,(H,78,79)(H,80,81)/t65?,66-,67-,68-/m1/s1. The first-order valence-electron chi connectivity index (χ1n) is 37.4. The molecule has 0 saturated carbocycles. The van der Waals surface area contributed by atoms with Crippen LogP contribution in [-0.4, -0.2) is 96.7 Å². The van der Waals surface area contributed by atoms with Crippen LogP contribution < -0.4 is 0 Å². The van der Waals surface area contributed by atoms with E-state index < -0.39 is 97.5 Å². The lowest BCUT2D eigenvalue weighted by molar-refractivity contribution is -0.161. The predicted octanol–water partition coefficient (Wildman–Crippen LogP) is 20.6. The van der Waals surface area contributed by atoms with E-state index in [-0.39, 0.29) is 25.7 Å². The number of rotatable bonds is 70. The van der Waals surface area contributed by atoms with E-state index in [1.165, 1.54) is 167 Å². The third-order valence-electron chi connectivity index (χ3n) is 17.0. The van der Waals surface area contributed by atoms with Gasteiger partial charge in [-0.1, -0.05) is 312 Å². The van der Waals surface area contributed by atoms with Gasteiger partial charge in [-0.2, -0.15) is 0 Å². The maximum absolute atomic E-state index is 13.0. The minimum Gasteiger partial charge on any atom is -0.462 e. The lowest BCUT2D eigenvalue weighted by atomic mass is 9.99. The van der Waals surface area contributed by atoms with Gasteiger partial charge in [0.1, 0.15) is 19.3 Å². The molecule has 17 nitrogen and oxygen atoms in total. The number of aliphatic hydroxyl groups excluding tert-OH is 1. The molecule has 0 aliphatic carbocycles. The summed E-state index contributed by atoms with van der Waals surface area (Å²) in [5, 5.41) is 10.6. The molecular weight excluding hydrogens is 1200 g/mol. The van der Waals surface area contributed by atoms with Gasteiger partial charge in [-0.05, 0) is 43.4 Å². The molecule has 6 atom stereocenters. The minimum absolute atomic E-state index is 0.103. The molecule has 0 fully saturated rings. The van der Waals surface area contributed by atoms with Gasteiger partial charge in [0.25, 0.3) is 0 Å². The highest BCUT2D eigenvalue weighted by Crippen LogP contribution is 2.45. The topological polar surface area (TPSA) is 237 Å². The Kier molecular flexibility index (Phi) is 61.5.